The van der Waals surface area contributed by atoms with E-state index in [1.807, 2.05) is 54.6 Å². The average Bonchev–Trinajstić information content (AvgIpc) is 2.72. The number of rotatable bonds is 6. The number of nitriles is 1. The van der Waals surface area contributed by atoms with Crippen molar-refractivity contribution >= 4 is 33.8 Å². The molecule has 3 rings (SSSR count). The van der Waals surface area contributed by atoms with Gasteiger partial charge in [0.2, 0.25) is 0 Å². The molecule has 3 aromatic rings. The molecule has 7 heteroatoms. The number of benzene rings is 2. The molecule has 0 saturated carbocycles. The van der Waals surface area contributed by atoms with Crippen molar-refractivity contribution in [1.29, 1.82) is 5.26 Å². The highest BCUT2D eigenvalue weighted by atomic mass is 79.9. The van der Waals surface area contributed by atoms with Gasteiger partial charge in [-0.15, -0.1) is 0 Å². The van der Waals surface area contributed by atoms with Gasteiger partial charge in [0.05, 0.1) is 0 Å². The second-order valence-electron chi connectivity index (χ2n) is 5.68. The summed E-state index contributed by atoms with van der Waals surface area (Å²) in [5.41, 5.74) is 1.46. The molecule has 28 heavy (non-hydrogen) atoms. The number of aromatic nitrogens is 2. The van der Waals surface area contributed by atoms with Gasteiger partial charge in [0.1, 0.15) is 29.7 Å². The molecule has 0 aliphatic rings. The van der Waals surface area contributed by atoms with Gasteiger partial charge in [0.25, 0.3) is 5.56 Å². The van der Waals surface area contributed by atoms with Gasteiger partial charge < -0.3 is 9.72 Å². The summed E-state index contributed by atoms with van der Waals surface area (Å²) in [5, 5.41) is 9.88. The summed E-state index contributed by atoms with van der Waals surface area (Å²) in [6.07, 6.45) is 5.68. The van der Waals surface area contributed by atoms with Crippen molar-refractivity contribution in [3.63, 3.8) is 0 Å². The summed E-state index contributed by atoms with van der Waals surface area (Å²) in [6, 6.07) is 17.3. The van der Waals surface area contributed by atoms with Crippen molar-refractivity contribution < 1.29 is 4.74 Å². The zero-order valence-corrected chi connectivity index (χ0v) is 17.4. The molecule has 5 nitrogen and oxygen atoms in total. The molecule has 0 saturated heterocycles. The van der Waals surface area contributed by atoms with E-state index in [2.05, 4.69) is 25.9 Å². The van der Waals surface area contributed by atoms with Crippen LogP contribution in [0.4, 0.5) is 0 Å². The summed E-state index contributed by atoms with van der Waals surface area (Å²) in [7, 11) is 0. The minimum absolute atomic E-state index is 0.0411. The maximum Gasteiger partial charge on any atom is 0.270 e. The minimum atomic E-state index is -0.466. The maximum absolute atomic E-state index is 12.2. The fourth-order valence-corrected chi connectivity index (χ4v) is 3.29. The highest BCUT2D eigenvalue weighted by molar-refractivity contribution is 9.10. The second kappa shape index (κ2) is 9.40. The first-order chi connectivity index (χ1) is 13.6. The largest absolute Gasteiger partial charge is 0.489 e. The number of hydrogen-bond donors (Lipinski definition) is 1. The fraction of sp³-hybridized carbons (Fsp3) is 0.0952. The van der Waals surface area contributed by atoms with Crippen molar-refractivity contribution in [3.8, 4) is 23.1 Å². The predicted octanol–water partition coefficient (Wildman–Crippen LogP) is 4.89. The van der Waals surface area contributed by atoms with Crippen LogP contribution in [0.5, 0.6) is 5.75 Å². The highest BCUT2D eigenvalue weighted by Gasteiger charge is 2.17. The number of halogens is 1. The first-order valence-electron chi connectivity index (χ1n) is 8.35. The van der Waals surface area contributed by atoms with E-state index in [1.165, 1.54) is 11.8 Å². The molecule has 0 radical (unpaired) electrons. The van der Waals surface area contributed by atoms with E-state index in [0.29, 0.717) is 28.8 Å². The molecular formula is C21H16BrN3O2S. The minimum Gasteiger partial charge on any atom is -0.489 e. The SMILES string of the molecule is CSc1nc(-c2cc(Br)ccc2OCC=Cc2ccccc2)c(C#N)c(=O)[nH]1. The Morgan fingerprint density at radius 1 is 1.29 bits per heavy atom. The van der Waals surface area contributed by atoms with Crippen LogP contribution in [0, 0.1) is 11.3 Å². The molecular weight excluding hydrogens is 438 g/mol. The Hall–Kier alpha value is -2.82. The number of aromatic amines is 1. The Kier molecular flexibility index (Phi) is 6.69. The van der Waals surface area contributed by atoms with Crippen molar-refractivity contribution in [2.45, 2.75) is 5.16 Å². The lowest BCUT2D eigenvalue weighted by molar-refractivity contribution is 0.365. The van der Waals surface area contributed by atoms with Gasteiger partial charge in [-0.1, -0.05) is 64.1 Å². The molecule has 1 aromatic heterocycles. The molecule has 0 fully saturated rings. The van der Waals surface area contributed by atoms with Crippen molar-refractivity contribution in [2.24, 2.45) is 0 Å². The summed E-state index contributed by atoms with van der Waals surface area (Å²) in [5.74, 6) is 0.544. The number of H-pyrrole nitrogens is 1. The lowest BCUT2D eigenvalue weighted by Gasteiger charge is -2.12. The number of nitrogens with one attached hydrogen (secondary N) is 1. The van der Waals surface area contributed by atoms with E-state index in [1.54, 1.807) is 18.4 Å². The van der Waals surface area contributed by atoms with Gasteiger partial charge in [-0.05, 0) is 36.1 Å². The summed E-state index contributed by atoms with van der Waals surface area (Å²) in [4.78, 5) is 19.3. The van der Waals surface area contributed by atoms with Gasteiger partial charge in [-0.25, -0.2) is 4.98 Å². The van der Waals surface area contributed by atoms with Gasteiger partial charge in [0.15, 0.2) is 5.16 Å². The van der Waals surface area contributed by atoms with Gasteiger partial charge in [-0.2, -0.15) is 5.26 Å². The van der Waals surface area contributed by atoms with Crippen molar-refractivity contribution in [3.05, 3.63) is 80.6 Å². The molecule has 0 aliphatic carbocycles. The normalized spacial score (nSPS) is 10.8. The molecule has 0 aliphatic heterocycles. The number of thioether (sulfide) groups is 1. The molecule has 1 N–H and O–H groups in total. The molecule has 0 spiro atoms. The predicted molar refractivity (Wildman–Crippen MR) is 115 cm³/mol. The molecule has 2 aromatic carbocycles. The van der Waals surface area contributed by atoms with Crippen LogP contribution in [-0.2, 0) is 0 Å². The lowest BCUT2D eigenvalue weighted by atomic mass is 10.1. The van der Waals surface area contributed by atoms with Gasteiger partial charge in [-0.3, -0.25) is 4.79 Å². The third-order valence-corrected chi connectivity index (χ3v) is 4.92. The third kappa shape index (κ3) is 4.71. The maximum atomic E-state index is 12.2. The number of hydrogen-bond acceptors (Lipinski definition) is 5. The van der Waals surface area contributed by atoms with E-state index in [0.717, 1.165) is 10.0 Å². The van der Waals surface area contributed by atoms with Gasteiger partial charge in [0, 0.05) is 10.0 Å². The molecule has 140 valence electrons. The first kappa shape index (κ1) is 19.9. The van der Waals surface area contributed by atoms with Crippen molar-refractivity contribution in [1.82, 2.24) is 9.97 Å². The van der Waals surface area contributed by atoms with E-state index < -0.39 is 5.56 Å². The first-order valence-corrected chi connectivity index (χ1v) is 10.4. The van der Waals surface area contributed by atoms with Gasteiger partial charge >= 0.3 is 0 Å². The second-order valence-corrected chi connectivity index (χ2v) is 7.39. The standard InChI is InChI=1S/C21H16BrN3O2S/c1-28-21-24-19(17(13-23)20(26)25-21)16-12-15(22)9-10-18(16)27-11-5-8-14-6-3-2-4-7-14/h2-10,12H,11H2,1H3,(H,24,25,26). The van der Waals surface area contributed by atoms with Crippen molar-refractivity contribution in [2.75, 3.05) is 12.9 Å². The van der Waals surface area contributed by atoms with E-state index in [4.69, 9.17) is 4.74 Å². The van der Waals surface area contributed by atoms with E-state index in [-0.39, 0.29) is 5.56 Å². The quantitative estimate of drug-likeness (QED) is 0.424. The average molecular weight is 454 g/mol. The Morgan fingerprint density at radius 3 is 2.79 bits per heavy atom. The van der Waals surface area contributed by atoms with E-state index >= 15 is 0 Å². The molecule has 0 bridgehead atoms. The fourth-order valence-electron chi connectivity index (χ4n) is 2.55. The van der Waals surface area contributed by atoms with Crippen LogP contribution in [0.15, 0.2) is 69.0 Å². The monoisotopic (exact) mass is 453 g/mol. The molecule has 1 heterocycles. The summed E-state index contributed by atoms with van der Waals surface area (Å²) >= 11 is 4.74. The third-order valence-electron chi connectivity index (χ3n) is 3.84. The Morgan fingerprint density at radius 2 is 2.07 bits per heavy atom. The Balaban J connectivity index is 1.94. The topological polar surface area (TPSA) is 78.8 Å². The smallest absolute Gasteiger partial charge is 0.270 e. The van der Waals surface area contributed by atoms with Crippen LogP contribution in [0.2, 0.25) is 0 Å². The molecule has 0 amide bonds. The summed E-state index contributed by atoms with van der Waals surface area (Å²) in [6.45, 7) is 0.337. The zero-order chi connectivity index (χ0) is 19.9. The van der Waals surface area contributed by atoms with E-state index in [9.17, 15) is 10.1 Å². The zero-order valence-electron chi connectivity index (χ0n) is 15.0. The van der Waals surface area contributed by atoms with Crippen LogP contribution in [0.3, 0.4) is 0 Å². The van der Waals surface area contributed by atoms with Crippen LogP contribution in [0.1, 0.15) is 11.1 Å². The van der Waals surface area contributed by atoms with Crippen LogP contribution in [-0.4, -0.2) is 22.8 Å². The molecule has 0 atom stereocenters. The van der Waals surface area contributed by atoms with Crippen LogP contribution < -0.4 is 10.3 Å². The number of ether oxygens (including phenoxy) is 1. The summed E-state index contributed by atoms with van der Waals surface area (Å²) < 4.78 is 6.70. The van der Waals surface area contributed by atoms with Crippen LogP contribution >= 0.6 is 27.7 Å². The highest BCUT2D eigenvalue weighted by Crippen LogP contribution is 2.33. The molecule has 0 unspecified atom stereocenters. The Labute approximate surface area is 175 Å². The van der Waals surface area contributed by atoms with Crippen LogP contribution in [0.25, 0.3) is 17.3 Å². The number of nitrogens with zero attached hydrogens (tertiary/aromatic N) is 2. The Bertz CT molecular complexity index is 1100. The lowest BCUT2D eigenvalue weighted by Crippen LogP contribution is -2.15.